The largest absolute Gasteiger partial charge is 0.497 e. The fraction of sp³-hybridized carbons (Fsp3) is 0.571. The van der Waals surface area contributed by atoms with E-state index in [2.05, 4.69) is 26.9 Å². The van der Waals surface area contributed by atoms with Crippen LogP contribution in [-0.4, -0.2) is 84.6 Å². The summed E-state index contributed by atoms with van der Waals surface area (Å²) in [5.74, 6) is -1.33. The van der Waals surface area contributed by atoms with Crippen LogP contribution in [0.25, 0.3) is 10.8 Å². The SMILES string of the molecule is C=C[C@@H]1CC1(NC(=O)[C@@H]1C[C@@H](Oc2nccc3cc(OC)ccc23)CN1C(=O)[C@@H](NC(=O)CC1CC1)C(C)(C)C)C(=O)NS(=O)(=O)C1CC1. The molecule has 4 aliphatic rings. The highest BCUT2D eigenvalue weighted by atomic mass is 32.2. The van der Waals surface area contributed by atoms with Gasteiger partial charge >= 0.3 is 0 Å². The molecule has 1 saturated heterocycles. The third-order valence-electron chi connectivity index (χ3n) is 9.90. The highest BCUT2D eigenvalue weighted by Gasteiger charge is 2.62. The summed E-state index contributed by atoms with van der Waals surface area (Å²) in [6.45, 7) is 9.32. The van der Waals surface area contributed by atoms with Crippen LogP contribution < -0.4 is 24.8 Å². The molecule has 14 heteroatoms. The van der Waals surface area contributed by atoms with Crippen molar-refractivity contribution in [2.45, 2.75) is 94.7 Å². The number of sulfonamides is 1. The van der Waals surface area contributed by atoms with E-state index in [-0.39, 0.29) is 25.3 Å². The Hall–Kier alpha value is -4.20. The first-order chi connectivity index (χ1) is 23.1. The van der Waals surface area contributed by atoms with Crippen LogP contribution in [0, 0.1) is 17.3 Å². The summed E-state index contributed by atoms with van der Waals surface area (Å²) in [7, 11) is -2.30. The number of fused-ring (bicyclic) bond motifs is 1. The van der Waals surface area contributed by atoms with Gasteiger partial charge in [0.25, 0.3) is 5.91 Å². The number of hydrogen-bond donors (Lipinski definition) is 3. The molecule has 2 aromatic rings. The van der Waals surface area contributed by atoms with E-state index in [0.717, 1.165) is 18.2 Å². The monoisotopic (exact) mass is 695 g/mol. The molecule has 1 unspecified atom stereocenters. The highest BCUT2D eigenvalue weighted by Crippen LogP contribution is 2.45. The molecular weight excluding hydrogens is 650 g/mol. The van der Waals surface area contributed by atoms with Crippen LogP contribution in [0.15, 0.2) is 43.1 Å². The molecule has 3 saturated carbocycles. The predicted octanol–water partition coefficient (Wildman–Crippen LogP) is 2.59. The molecule has 1 aromatic heterocycles. The minimum absolute atomic E-state index is 0.0103. The second-order valence-corrected chi connectivity index (χ2v) is 16.8. The van der Waals surface area contributed by atoms with Crippen LogP contribution in [-0.2, 0) is 29.2 Å². The van der Waals surface area contributed by atoms with Gasteiger partial charge in [-0.1, -0.05) is 26.8 Å². The van der Waals surface area contributed by atoms with Gasteiger partial charge in [0.05, 0.1) is 18.9 Å². The average Bonchev–Trinajstić information content (AvgIpc) is 3.94. The molecule has 4 amide bonds. The molecule has 6 rings (SSSR count). The Morgan fingerprint density at radius 2 is 1.88 bits per heavy atom. The summed E-state index contributed by atoms with van der Waals surface area (Å²) in [6, 6.07) is 5.25. The Morgan fingerprint density at radius 1 is 1.14 bits per heavy atom. The van der Waals surface area contributed by atoms with Crippen molar-refractivity contribution < 1.29 is 37.1 Å². The van der Waals surface area contributed by atoms with E-state index < -0.39 is 68.1 Å². The van der Waals surface area contributed by atoms with E-state index in [1.54, 1.807) is 19.4 Å². The number of nitrogens with one attached hydrogen (secondary N) is 3. The van der Waals surface area contributed by atoms with Crippen molar-refractivity contribution in [2.75, 3.05) is 13.7 Å². The van der Waals surface area contributed by atoms with E-state index >= 15 is 0 Å². The lowest BCUT2D eigenvalue weighted by molar-refractivity contribution is -0.144. The third-order valence-corrected chi connectivity index (χ3v) is 11.7. The van der Waals surface area contributed by atoms with Crippen molar-refractivity contribution >= 4 is 44.4 Å². The lowest BCUT2D eigenvalue weighted by atomic mass is 9.85. The average molecular weight is 696 g/mol. The predicted molar refractivity (Wildman–Crippen MR) is 181 cm³/mol. The molecule has 4 fully saturated rings. The summed E-state index contributed by atoms with van der Waals surface area (Å²) < 4.78 is 39.2. The molecule has 5 atom stereocenters. The maximum Gasteiger partial charge on any atom is 0.259 e. The second kappa shape index (κ2) is 12.9. The first kappa shape index (κ1) is 34.7. The zero-order chi connectivity index (χ0) is 35.3. The third kappa shape index (κ3) is 7.38. The van der Waals surface area contributed by atoms with Crippen molar-refractivity contribution in [1.82, 2.24) is 25.2 Å². The van der Waals surface area contributed by atoms with E-state index in [9.17, 15) is 27.6 Å². The quantitative estimate of drug-likeness (QED) is 0.266. The number of carbonyl (C=O) groups excluding carboxylic acids is 4. The molecule has 0 bridgehead atoms. The molecular formula is C35H45N5O8S. The van der Waals surface area contributed by atoms with E-state index in [1.807, 2.05) is 39.0 Å². The van der Waals surface area contributed by atoms with Crippen LogP contribution in [0.4, 0.5) is 0 Å². The van der Waals surface area contributed by atoms with E-state index in [4.69, 9.17) is 9.47 Å². The van der Waals surface area contributed by atoms with Crippen molar-refractivity contribution in [3.63, 3.8) is 0 Å². The van der Waals surface area contributed by atoms with Gasteiger partial charge in [0.1, 0.15) is 29.5 Å². The number of hydrogen-bond acceptors (Lipinski definition) is 9. The lowest BCUT2D eigenvalue weighted by Gasteiger charge is -2.35. The molecule has 264 valence electrons. The molecule has 13 nitrogen and oxygen atoms in total. The zero-order valence-corrected chi connectivity index (χ0v) is 29.2. The molecule has 0 radical (unpaired) electrons. The minimum atomic E-state index is -3.87. The number of carbonyl (C=O) groups is 4. The number of methoxy groups -OCH3 is 1. The number of amides is 4. The summed E-state index contributed by atoms with van der Waals surface area (Å²) >= 11 is 0. The van der Waals surface area contributed by atoms with Crippen molar-refractivity contribution in [2.24, 2.45) is 17.3 Å². The smallest absolute Gasteiger partial charge is 0.259 e. The number of likely N-dealkylation sites (tertiary alicyclic amines) is 1. The van der Waals surface area contributed by atoms with Gasteiger partial charge < -0.3 is 25.0 Å². The van der Waals surface area contributed by atoms with Crippen molar-refractivity contribution in [3.8, 4) is 11.6 Å². The number of pyridine rings is 1. The Balaban J connectivity index is 1.27. The minimum Gasteiger partial charge on any atom is -0.497 e. The molecule has 2 heterocycles. The fourth-order valence-corrected chi connectivity index (χ4v) is 7.88. The maximum atomic E-state index is 14.4. The van der Waals surface area contributed by atoms with Crippen LogP contribution in [0.3, 0.4) is 0 Å². The highest BCUT2D eigenvalue weighted by molar-refractivity contribution is 7.91. The standard InChI is InChI=1S/C35H45N5O8S/c1-6-22-18-35(22,33(44)39-49(45,46)25-10-11-25)38-30(42)27-17-24(48-31-26-12-9-23(47-5)16-21(26)13-14-36-31)19-40(27)32(43)29(34(2,3)4)37-28(41)15-20-7-8-20/h6,9,12-14,16,20,22,24-25,27,29H,1,7-8,10-11,15,17-19H2,2-5H3,(H,37,41)(H,38,42)(H,39,44)/t22-,24-,27+,29-,35?/m1/s1. The summed E-state index contributed by atoms with van der Waals surface area (Å²) in [4.78, 5) is 60.8. The summed E-state index contributed by atoms with van der Waals surface area (Å²) in [6.07, 6.45) is 5.91. The normalized spacial score (nSPS) is 25.6. The number of rotatable bonds is 13. The number of benzene rings is 1. The van der Waals surface area contributed by atoms with Crippen molar-refractivity contribution in [1.29, 1.82) is 0 Å². The van der Waals surface area contributed by atoms with Gasteiger partial charge in [0.15, 0.2) is 0 Å². The summed E-state index contributed by atoms with van der Waals surface area (Å²) in [5.41, 5.74) is -2.22. The van der Waals surface area contributed by atoms with Gasteiger partial charge in [-0.2, -0.15) is 0 Å². The second-order valence-electron chi connectivity index (χ2n) is 14.9. The van der Waals surface area contributed by atoms with Gasteiger partial charge in [-0.25, -0.2) is 13.4 Å². The Morgan fingerprint density at radius 3 is 2.49 bits per heavy atom. The zero-order valence-electron chi connectivity index (χ0n) is 28.4. The fourth-order valence-electron chi connectivity index (χ4n) is 6.52. The number of nitrogens with zero attached hydrogens (tertiary/aromatic N) is 2. The van der Waals surface area contributed by atoms with Crippen LogP contribution in [0.1, 0.15) is 65.7 Å². The van der Waals surface area contributed by atoms with Gasteiger partial charge in [-0.15, -0.1) is 6.58 Å². The molecule has 3 aliphatic carbocycles. The van der Waals surface area contributed by atoms with E-state index in [0.29, 0.717) is 42.2 Å². The first-order valence-corrected chi connectivity index (χ1v) is 18.4. The Labute approximate surface area is 286 Å². The Bertz CT molecular complexity index is 1780. The van der Waals surface area contributed by atoms with Crippen LogP contribution in [0.5, 0.6) is 11.6 Å². The van der Waals surface area contributed by atoms with Crippen LogP contribution in [0.2, 0.25) is 0 Å². The van der Waals surface area contributed by atoms with E-state index in [1.165, 1.54) is 11.0 Å². The van der Waals surface area contributed by atoms with Gasteiger partial charge in [-0.05, 0) is 73.1 Å². The lowest BCUT2D eigenvalue weighted by Crippen LogP contribution is -2.60. The maximum absolute atomic E-state index is 14.4. The molecule has 1 aliphatic heterocycles. The molecule has 3 N–H and O–H groups in total. The van der Waals surface area contributed by atoms with Gasteiger partial charge in [-0.3, -0.25) is 23.9 Å². The molecule has 1 aromatic carbocycles. The summed E-state index contributed by atoms with van der Waals surface area (Å²) in [5, 5.41) is 6.65. The Kier molecular flexibility index (Phi) is 9.14. The number of ether oxygens (including phenoxy) is 2. The first-order valence-electron chi connectivity index (χ1n) is 16.8. The molecule has 49 heavy (non-hydrogen) atoms. The topological polar surface area (TPSA) is 173 Å². The van der Waals surface area contributed by atoms with Gasteiger partial charge in [0.2, 0.25) is 33.6 Å². The van der Waals surface area contributed by atoms with Gasteiger partial charge in [0, 0.05) is 30.3 Å². The number of aromatic nitrogens is 1. The van der Waals surface area contributed by atoms with Crippen molar-refractivity contribution in [3.05, 3.63) is 43.1 Å². The van der Waals surface area contributed by atoms with Crippen LogP contribution >= 0.6 is 0 Å². The molecule has 0 spiro atoms.